The average Bonchev–Trinajstić information content (AvgIpc) is 2.19. The molecule has 14 heavy (non-hydrogen) atoms. The van der Waals surface area contributed by atoms with Gasteiger partial charge in [-0.15, -0.1) is 6.58 Å². The van der Waals surface area contributed by atoms with Gasteiger partial charge in [-0.25, -0.2) is 0 Å². The predicted molar refractivity (Wildman–Crippen MR) is 57.6 cm³/mol. The fourth-order valence-electron chi connectivity index (χ4n) is 1.28. The van der Waals surface area contributed by atoms with E-state index in [2.05, 4.69) is 6.58 Å². The maximum Gasteiger partial charge on any atom is 0.227 e. The molecule has 2 nitrogen and oxygen atoms in total. The molecule has 0 unspecified atom stereocenters. The Morgan fingerprint density at radius 1 is 1.50 bits per heavy atom. The molecule has 0 saturated carbocycles. The van der Waals surface area contributed by atoms with Gasteiger partial charge in [0.05, 0.1) is 5.41 Å². The summed E-state index contributed by atoms with van der Waals surface area (Å²) in [6.07, 6.45) is 2.22. The summed E-state index contributed by atoms with van der Waals surface area (Å²) in [5, 5.41) is 0. The van der Waals surface area contributed by atoms with Gasteiger partial charge in [-0.2, -0.15) is 0 Å². The van der Waals surface area contributed by atoms with Gasteiger partial charge in [0.25, 0.3) is 0 Å². The Morgan fingerprint density at radius 3 is 2.50 bits per heavy atom. The molecule has 0 saturated heterocycles. The second kappa shape index (κ2) is 4.09. The molecule has 2 heteroatoms. The zero-order valence-corrected chi connectivity index (χ0v) is 8.36. The summed E-state index contributed by atoms with van der Waals surface area (Å²) in [7, 11) is 0. The van der Waals surface area contributed by atoms with Gasteiger partial charge in [0.1, 0.15) is 0 Å². The van der Waals surface area contributed by atoms with Crippen molar-refractivity contribution in [1.29, 1.82) is 0 Å². The lowest BCUT2D eigenvalue weighted by Gasteiger charge is -2.21. The molecule has 0 aliphatic heterocycles. The van der Waals surface area contributed by atoms with Crippen molar-refractivity contribution in [3.05, 3.63) is 48.6 Å². The van der Waals surface area contributed by atoms with E-state index in [0.29, 0.717) is 6.42 Å². The number of amides is 1. The zero-order chi connectivity index (χ0) is 10.6. The normalized spacial score (nSPS) is 14.4. The fraction of sp³-hybridized carbons (Fsp3) is 0.250. The summed E-state index contributed by atoms with van der Waals surface area (Å²) in [5.74, 6) is -0.337. The van der Waals surface area contributed by atoms with E-state index in [4.69, 9.17) is 5.73 Å². The van der Waals surface area contributed by atoms with Gasteiger partial charge in [0.15, 0.2) is 0 Å². The van der Waals surface area contributed by atoms with Gasteiger partial charge in [-0.05, 0) is 18.9 Å². The van der Waals surface area contributed by atoms with Crippen molar-refractivity contribution >= 4 is 5.91 Å². The van der Waals surface area contributed by atoms with E-state index < -0.39 is 5.41 Å². The van der Waals surface area contributed by atoms with Crippen molar-refractivity contribution in [2.24, 2.45) is 11.1 Å². The van der Waals surface area contributed by atoms with E-state index >= 15 is 0 Å². The molecule has 2 N–H and O–H groups in total. The highest BCUT2D eigenvalue weighted by Crippen LogP contribution is 2.23. The number of benzene rings is 1. The van der Waals surface area contributed by atoms with E-state index in [9.17, 15) is 4.79 Å². The van der Waals surface area contributed by atoms with Crippen LogP contribution in [0.3, 0.4) is 0 Å². The zero-order valence-electron chi connectivity index (χ0n) is 8.36. The highest BCUT2D eigenvalue weighted by Gasteiger charge is 2.27. The van der Waals surface area contributed by atoms with E-state index in [0.717, 1.165) is 5.56 Å². The molecule has 0 aliphatic rings. The quantitative estimate of drug-likeness (QED) is 0.722. The Hall–Kier alpha value is -1.57. The molecular formula is C12H15NO. The second-order valence-corrected chi connectivity index (χ2v) is 3.65. The number of nitrogens with two attached hydrogens (primary N) is 1. The van der Waals surface area contributed by atoms with E-state index in [-0.39, 0.29) is 5.91 Å². The van der Waals surface area contributed by atoms with Crippen LogP contribution >= 0.6 is 0 Å². The minimum atomic E-state index is -0.651. The van der Waals surface area contributed by atoms with Crippen LogP contribution in [0.1, 0.15) is 12.5 Å². The third-order valence-corrected chi connectivity index (χ3v) is 2.43. The molecule has 0 bridgehead atoms. The fourth-order valence-corrected chi connectivity index (χ4v) is 1.28. The first-order chi connectivity index (χ1) is 6.58. The number of rotatable bonds is 4. The molecule has 0 fully saturated rings. The number of hydrogen-bond donors (Lipinski definition) is 1. The summed E-state index contributed by atoms with van der Waals surface area (Å²) >= 11 is 0. The lowest BCUT2D eigenvalue weighted by molar-refractivity contribution is -0.124. The van der Waals surface area contributed by atoms with Crippen LogP contribution in [0.5, 0.6) is 0 Å². The number of primary amides is 1. The van der Waals surface area contributed by atoms with Crippen LogP contribution in [0.25, 0.3) is 0 Å². The van der Waals surface area contributed by atoms with Crippen LogP contribution in [0.15, 0.2) is 43.0 Å². The number of carbonyl (C=O) groups is 1. The largest absolute Gasteiger partial charge is 0.369 e. The first-order valence-electron chi connectivity index (χ1n) is 4.56. The lowest BCUT2D eigenvalue weighted by Crippen LogP contribution is -2.34. The average molecular weight is 189 g/mol. The van der Waals surface area contributed by atoms with Crippen LogP contribution in [-0.2, 0) is 11.2 Å². The van der Waals surface area contributed by atoms with Crippen LogP contribution in [0, 0.1) is 5.41 Å². The second-order valence-electron chi connectivity index (χ2n) is 3.65. The molecule has 1 amide bonds. The molecule has 1 rings (SSSR count). The Balaban J connectivity index is 2.86. The number of hydrogen-bond acceptors (Lipinski definition) is 1. The molecule has 74 valence electrons. The van der Waals surface area contributed by atoms with Crippen molar-refractivity contribution in [2.45, 2.75) is 13.3 Å². The Bertz CT molecular complexity index is 331. The van der Waals surface area contributed by atoms with Crippen LogP contribution < -0.4 is 5.73 Å². The smallest absolute Gasteiger partial charge is 0.227 e. The Labute approximate surface area is 84.4 Å². The van der Waals surface area contributed by atoms with Crippen molar-refractivity contribution in [3.63, 3.8) is 0 Å². The van der Waals surface area contributed by atoms with Gasteiger partial charge in [0.2, 0.25) is 5.91 Å². The highest BCUT2D eigenvalue weighted by atomic mass is 16.1. The first-order valence-corrected chi connectivity index (χ1v) is 4.56. The summed E-state index contributed by atoms with van der Waals surface area (Å²) in [6, 6.07) is 9.79. The van der Waals surface area contributed by atoms with Gasteiger partial charge < -0.3 is 5.73 Å². The summed E-state index contributed by atoms with van der Waals surface area (Å²) < 4.78 is 0. The third-order valence-electron chi connectivity index (χ3n) is 2.43. The van der Waals surface area contributed by atoms with Crippen molar-refractivity contribution in [2.75, 3.05) is 0 Å². The van der Waals surface area contributed by atoms with E-state index in [1.165, 1.54) is 0 Å². The lowest BCUT2D eigenvalue weighted by atomic mass is 9.83. The van der Waals surface area contributed by atoms with Crippen molar-refractivity contribution < 1.29 is 4.79 Å². The molecule has 0 radical (unpaired) electrons. The van der Waals surface area contributed by atoms with Gasteiger partial charge >= 0.3 is 0 Å². The molecule has 1 aromatic rings. The minimum Gasteiger partial charge on any atom is -0.369 e. The standard InChI is InChI=1S/C12H15NO/c1-3-12(2,11(13)14)9-10-7-5-4-6-8-10/h3-8H,1,9H2,2H3,(H2,13,14)/t12-/m1/s1. The molecule has 0 aromatic heterocycles. The summed E-state index contributed by atoms with van der Waals surface area (Å²) in [6.45, 7) is 5.45. The number of carbonyl (C=O) groups excluding carboxylic acids is 1. The third kappa shape index (κ3) is 2.22. The predicted octanol–water partition coefficient (Wildman–Crippen LogP) is 1.91. The van der Waals surface area contributed by atoms with Gasteiger partial charge in [-0.3, -0.25) is 4.79 Å². The van der Waals surface area contributed by atoms with Gasteiger partial charge in [-0.1, -0.05) is 36.4 Å². The van der Waals surface area contributed by atoms with Crippen LogP contribution in [0.2, 0.25) is 0 Å². The van der Waals surface area contributed by atoms with Crippen molar-refractivity contribution in [1.82, 2.24) is 0 Å². The maximum absolute atomic E-state index is 11.2. The van der Waals surface area contributed by atoms with Crippen molar-refractivity contribution in [3.8, 4) is 0 Å². The highest BCUT2D eigenvalue weighted by molar-refractivity contribution is 5.82. The molecule has 0 heterocycles. The summed E-state index contributed by atoms with van der Waals surface area (Å²) in [4.78, 5) is 11.2. The van der Waals surface area contributed by atoms with Crippen LogP contribution in [-0.4, -0.2) is 5.91 Å². The molecule has 0 aliphatic carbocycles. The molecule has 1 atom stereocenters. The van der Waals surface area contributed by atoms with Gasteiger partial charge in [0, 0.05) is 0 Å². The monoisotopic (exact) mass is 189 g/mol. The Morgan fingerprint density at radius 2 is 2.07 bits per heavy atom. The molecule has 0 spiro atoms. The maximum atomic E-state index is 11.2. The Kier molecular flexibility index (Phi) is 3.07. The van der Waals surface area contributed by atoms with Crippen LogP contribution in [0.4, 0.5) is 0 Å². The van der Waals surface area contributed by atoms with E-state index in [1.807, 2.05) is 30.3 Å². The topological polar surface area (TPSA) is 43.1 Å². The first kappa shape index (κ1) is 10.5. The SMILES string of the molecule is C=C[C@](C)(Cc1ccccc1)C(N)=O. The van der Waals surface area contributed by atoms with E-state index in [1.54, 1.807) is 13.0 Å². The minimum absolute atomic E-state index is 0.337. The summed E-state index contributed by atoms with van der Waals surface area (Å²) in [5.41, 5.74) is 5.76. The molecular weight excluding hydrogens is 174 g/mol. The molecule has 1 aromatic carbocycles.